The Balaban J connectivity index is 2.29. The van der Waals surface area contributed by atoms with Crippen LogP contribution in [0.15, 0.2) is 18.2 Å². The Morgan fingerprint density at radius 2 is 2.24 bits per heavy atom. The Bertz CT molecular complexity index is 564. The number of benzene rings is 1. The maximum Gasteiger partial charge on any atom is 0.285 e. The Hall–Kier alpha value is -2.02. The number of amides is 1. The van der Waals surface area contributed by atoms with Gasteiger partial charge in [-0.05, 0) is 37.4 Å². The minimum Gasteiger partial charge on any atom is -0.338 e. The van der Waals surface area contributed by atoms with Gasteiger partial charge in [0.25, 0.3) is 11.6 Å². The second-order valence-corrected chi connectivity index (χ2v) is 5.33. The summed E-state index contributed by atoms with van der Waals surface area (Å²) in [5.74, 6) is -0.993. The summed E-state index contributed by atoms with van der Waals surface area (Å²) < 4.78 is 13.1. The lowest BCUT2D eigenvalue weighted by atomic mass is 10.0. The smallest absolute Gasteiger partial charge is 0.285 e. The fourth-order valence-corrected chi connectivity index (χ4v) is 2.98. The maximum atomic E-state index is 13.1. The number of halogens is 1. The van der Waals surface area contributed by atoms with E-state index in [4.69, 9.17) is 5.73 Å². The molecule has 2 unspecified atom stereocenters. The SMILES string of the molecule is CN(C(=O)c1ccc(F)cc1[N+](=O)[O-])C1CCCC1CN. The van der Waals surface area contributed by atoms with E-state index in [1.807, 2.05) is 0 Å². The van der Waals surface area contributed by atoms with Gasteiger partial charge < -0.3 is 10.6 Å². The Kier molecular flexibility index (Phi) is 4.52. The summed E-state index contributed by atoms with van der Waals surface area (Å²) in [6.45, 7) is 0.480. The van der Waals surface area contributed by atoms with Crippen molar-refractivity contribution in [2.45, 2.75) is 25.3 Å². The molecule has 0 saturated heterocycles. The summed E-state index contributed by atoms with van der Waals surface area (Å²) in [5, 5.41) is 11.0. The molecular weight excluding hydrogens is 277 g/mol. The molecule has 1 fully saturated rings. The Morgan fingerprint density at radius 1 is 1.52 bits per heavy atom. The highest BCUT2D eigenvalue weighted by atomic mass is 19.1. The van der Waals surface area contributed by atoms with Crippen LogP contribution in [0.2, 0.25) is 0 Å². The van der Waals surface area contributed by atoms with Crippen molar-refractivity contribution in [1.29, 1.82) is 0 Å². The second kappa shape index (κ2) is 6.17. The standard InChI is InChI=1S/C14H18FN3O3/c1-17(12-4-2-3-9(12)8-16)14(19)11-6-5-10(15)7-13(11)18(20)21/h5-7,9,12H,2-4,8,16H2,1H3. The van der Waals surface area contributed by atoms with Crippen LogP contribution in [-0.2, 0) is 0 Å². The molecule has 2 atom stereocenters. The van der Waals surface area contributed by atoms with Gasteiger partial charge in [0.15, 0.2) is 0 Å². The zero-order valence-electron chi connectivity index (χ0n) is 11.8. The summed E-state index contributed by atoms with van der Waals surface area (Å²) in [6, 6.07) is 2.98. The quantitative estimate of drug-likeness (QED) is 0.679. The normalized spacial score (nSPS) is 21.3. The number of nitrogens with zero attached hydrogens (tertiary/aromatic N) is 2. The molecule has 114 valence electrons. The fraction of sp³-hybridized carbons (Fsp3) is 0.500. The van der Waals surface area contributed by atoms with Gasteiger partial charge in [0, 0.05) is 13.1 Å². The van der Waals surface area contributed by atoms with Crippen LogP contribution in [0.5, 0.6) is 0 Å². The third-order valence-electron chi connectivity index (χ3n) is 4.13. The van der Waals surface area contributed by atoms with E-state index >= 15 is 0 Å². The molecule has 21 heavy (non-hydrogen) atoms. The predicted molar refractivity (Wildman–Crippen MR) is 75.3 cm³/mol. The van der Waals surface area contributed by atoms with Crippen molar-refractivity contribution in [1.82, 2.24) is 4.90 Å². The van der Waals surface area contributed by atoms with E-state index in [0.717, 1.165) is 31.4 Å². The molecule has 7 heteroatoms. The van der Waals surface area contributed by atoms with E-state index < -0.39 is 22.3 Å². The molecule has 0 bridgehead atoms. The number of nitrogens with two attached hydrogens (primary N) is 1. The first-order valence-corrected chi connectivity index (χ1v) is 6.87. The number of nitro benzene ring substituents is 1. The molecule has 1 saturated carbocycles. The van der Waals surface area contributed by atoms with Gasteiger partial charge in [-0.25, -0.2) is 4.39 Å². The molecule has 0 radical (unpaired) electrons. The minimum absolute atomic E-state index is 0.0212. The van der Waals surface area contributed by atoms with Crippen LogP contribution in [0.25, 0.3) is 0 Å². The molecule has 1 aromatic carbocycles. The largest absolute Gasteiger partial charge is 0.338 e. The highest BCUT2D eigenvalue weighted by molar-refractivity contribution is 5.98. The van der Waals surface area contributed by atoms with E-state index in [1.54, 1.807) is 7.05 Å². The zero-order chi connectivity index (χ0) is 15.6. The lowest BCUT2D eigenvalue weighted by Crippen LogP contribution is -2.41. The molecular formula is C14H18FN3O3. The molecule has 1 aliphatic rings. The summed E-state index contributed by atoms with van der Waals surface area (Å²) in [5.41, 5.74) is 5.11. The van der Waals surface area contributed by atoms with E-state index in [1.165, 1.54) is 11.0 Å². The van der Waals surface area contributed by atoms with E-state index in [-0.39, 0.29) is 17.5 Å². The zero-order valence-corrected chi connectivity index (χ0v) is 11.8. The number of carbonyl (C=O) groups excluding carboxylic acids is 1. The first-order valence-electron chi connectivity index (χ1n) is 6.87. The second-order valence-electron chi connectivity index (χ2n) is 5.33. The van der Waals surface area contributed by atoms with Crippen molar-refractivity contribution in [3.8, 4) is 0 Å². The lowest BCUT2D eigenvalue weighted by molar-refractivity contribution is -0.385. The monoisotopic (exact) mass is 295 g/mol. The summed E-state index contributed by atoms with van der Waals surface area (Å²) in [7, 11) is 1.62. The number of nitro groups is 1. The lowest BCUT2D eigenvalue weighted by Gasteiger charge is -2.29. The van der Waals surface area contributed by atoms with Crippen LogP contribution in [0.4, 0.5) is 10.1 Å². The predicted octanol–water partition coefficient (Wildman–Crippen LogP) is 1.93. The number of carbonyl (C=O) groups is 1. The third kappa shape index (κ3) is 3.02. The molecule has 0 heterocycles. The maximum absolute atomic E-state index is 13.1. The van der Waals surface area contributed by atoms with Gasteiger partial charge in [-0.3, -0.25) is 14.9 Å². The van der Waals surface area contributed by atoms with Crippen LogP contribution < -0.4 is 5.73 Å². The van der Waals surface area contributed by atoms with Gasteiger partial charge in [0.2, 0.25) is 0 Å². The van der Waals surface area contributed by atoms with Crippen molar-refractivity contribution in [3.63, 3.8) is 0 Å². The Labute approximate surface area is 121 Å². The van der Waals surface area contributed by atoms with Crippen molar-refractivity contribution in [2.75, 3.05) is 13.6 Å². The van der Waals surface area contributed by atoms with Gasteiger partial charge in [0.05, 0.1) is 11.0 Å². The molecule has 0 spiro atoms. The van der Waals surface area contributed by atoms with Crippen LogP contribution >= 0.6 is 0 Å². The highest BCUT2D eigenvalue weighted by Crippen LogP contribution is 2.30. The molecule has 2 rings (SSSR count). The topological polar surface area (TPSA) is 89.5 Å². The number of hydrogen-bond acceptors (Lipinski definition) is 4. The van der Waals surface area contributed by atoms with E-state index in [0.29, 0.717) is 6.54 Å². The molecule has 1 amide bonds. The van der Waals surface area contributed by atoms with Gasteiger partial charge >= 0.3 is 0 Å². The fourth-order valence-electron chi connectivity index (χ4n) is 2.98. The van der Waals surface area contributed by atoms with E-state index in [9.17, 15) is 19.3 Å². The first-order chi connectivity index (χ1) is 9.95. The number of hydrogen-bond donors (Lipinski definition) is 1. The molecule has 6 nitrogen and oxygen atoms in total. The van der Waals surface area contributed by atoms with Crippen LogP contribution in [0, 0.1) is 21.8 Å². The molecule has 0 aromatic heterocycles. The van der Waals surface area contributed by atoms with Crippen molar-refractivity contribution >= 4 is 11.6 Å². The highest BCUT2D eigenvalue weighted by Gasteiger charge is 2.34. The third-order valence-corrected chi connectivity index (χ3v) is 4.13. The van der Waals surface area contributed by atoms with Crippen LogP contribution in [-0.4, -0.2) is 35.4 Å². The number of rotatable bonds is 4. The van der Waals surface area contributed by atoms with Crippen molar-refractivity contribution in [3.05, 3.63) is 39.7 Å². The molecule has 2 N–H and O–H groups in total. The molecule has 1 aliphatic carbocycles. The van der Waals surface area contributed by atoms with Gasteiger partial charge in [-0.2, -0.15) is 0 Å². The van der Waals surface area contributed by atoms with E-state index in [2.05, 4.69) is 0 Å². The average molecular weight is 295 g/mol. The summed E-state index contributed by atoms with van der Waals surface area (Å²) in [6.07, 6.45) is 2.76. The van der Waals surface area contributed by atoms with Gasteiger partial charge in [-0.15, -0.1) is 0 Å². The molecule has 1 aromatic rings. The van der Waals surface area contributed by atoms with Gasteiger partial charge in [0.1, 0.15) is 11.4 Å². The molecule has 0 aliphatic heterocycles. The first kappa shape index (κ1) is 15.4. The van der Waals surface area contributed by atoms with Crippen LogP contribution in [0.1, 0.15) is 29.6 Å². The van der Waals surface area contributed by atoms with Gasteiger partial charge in [-0.1, -0.05) is 6.42 Å². The average Bonchev–Trinajstić information content (AvgIpc) is 2.94. The van der Waals surface area contributed by atoms with Crippen LogP contribution in [0.3, 0.4) is 0 Å². The van der Waals surface area contributed by atoms with Crippen molar-refractivity contribution in [2.24, 2.45) is 11.7 Å². The summed E-state index contributed by atoms with van der Waals surface area (Å²) in [4.78, 5) is 24.2. The Morgan fingerprint density at radius 3 is 2.86 bits per heavy atom. The minimum atomic E-state index is -0.737. The summed E-state index contributed by atoms with van der Waals surface area (Å²) >= 11 is 0. The van der Waals surface area contributed by atoms with Crippen molar-refractivity contribution < 1.29 is 14.1 Å².